The van der Waals surface area contributed by atoms with Gasteiger partial charge in [-0.05, 0) is 49.8 Å². The molecule has 3 atom stereocenters. The van der Waals surface area contributed by atoms with Crippen molar-refractivity contribution in [2.24, 2.45) is 5.92 Å². The predicted octanol–water partition coefficient (Wildman–Crippen LogP) is 4.03. The summed E-state index contributed by atoms with van der Waals surface area (Å²) in [5.41, 5.74) is 2.96. The maximum Gasteiger partial charge on any atom is 0.0594 e. The topological polar surface area (TPSA) is 21.3 Å². The quantitative estimate of drug-likeness (QED) is 0.874. The molecule has 110 valence electrons. The molecule has 0 spiro atoms. The molecule has 3 unspecified atom stereocenters. The van der Waals surface area contributed by atoms with E-state index in [-0.39, 0.29) is 0 Å². The average molecular weight is 273 g/mol. The fourth-order valence-electron chi connectivity index (χ4n) is 3.64. The number of benzene rings is 1. The highest BCUT2D eigenvalue weighted by molar-refractivity contribution is 5.29. The van der Waals surface area contributed by atoms with Crippen LogP contribution in [0.25, 0.3) is 0 Å². The van der Waals surface area contributed by atoms with Crippen molar-refractivity contribution >= 4 is 0 Å². The number of rotatable bonds is 5. The Hall–Kier alpha value is -0.860. The number of nitrogens with one attached hydrogen (secondary N) is 1. The van der Waals surface area contributed by atoms with Crippen molar-refractivity contribution in [2.45, 2.75) is 57.6 Å². The van der Waals surface area contributed by atoms with Gasteiger partial charge in [0.2, 0.25) is 0 Å². The molecule has 0 bridgehead atoms. The highest BCUT2D eigenvalue weighted by Gasteiger charge is 2.32. The zero-order valence-corrected chi connectivity index (χ0v) is 12.8. The maximum atomic E-state index is 5.76. The van der Waals surface area contributed by atoms with E-state index in [1.54, 1.807) is 0 Å². The van der Waals surface area contributed by atoms with Crippen molar-refractivity contribution in [1.29, 1.82) is 0 Å². The Bertz CT molecular complexity index is 424. The second kappa shape index (κ2) is 6.28. The van der Waals surface area contributed by atoms with Crippen molar-refractivity contribution in [3.8, 4) is 0 Å². The number of hydrogen-bond donors (Lipinski definition) is 1. The second-order valence-electron chi connectivity index (χ2n) is 6.36. The summed E-state index contributed by atoms with van der Waals surface area (Å²) in [6.45, 7) is 6.33. The molecule has 20 heavy (non-hydrogen) atoms. The Morgan fingerprint density at radius 3 is 2.45 bits per heavy atom. The lowest BCUT2D eigenvalue weighted by molar-refractivity contribution is 0.0956. The Balaban J connectivity index is 1.76. The normalized spacial score (nSPS) is 28.3. The van der Waals surface area contributed by atoms with E-state index in [2.05, 4.69) is 43.4 Å². The van der Waals surface area contributed by atoms with Crippen molar-refractivity contribution in [3.63, 3.8) is 0 Å². The molecule has 1 aromatic rings. The van der Waals surface area contributed by atoms with Crippen LogP contribution in [0.4, 0.5) is 0 Å². The van der Waals surface area contributed by atoms with E-state index >= 15 is 0 Å². The molecule has 2 fully saturated rings. The van der Waals surface area contributed by atoms with Crippen molar-refractivity contribution in [2.75, 3.05) is 13.2 Å². The van der Waals surface area contributed by atoms with E-state index in [1.807, 2.05) is 0 Å². The lowest BCUT2D eigenvalue weighted by Gasteiger charge is -2.29. The molecular formula is C18H27NO. The first-order valence-electron chi connectivity index (χ1n) is 8.24. The highest BCUT2D eigenvalue weighted by atomic mass is 16.5. The average Bonchev–Trinajstić information content (AvgIpc) is 2.81. The summed E-state index contributed by atoms with van der Waals surface area (Å²) < 4.78 is 5.76. The van der Waals surface area contributed by atoms with Crippen LogP contribution in [0, 0.1) is 5.92 Å². The number of ether oxygens (including phenoxy) is 1. The van der Waals surface area contributed by atoms with E-state index in [0.29, 0.717) is 18.1 Å². The first-order chi connectivity index (χ1) is 9.79. The van der Waals surface area contributed by atoms with E-state index in [1.165, 1.54) is 36.8 Å². The molecule has 1 aliphatic heterocycles. The zero-order chi connectivity index (χ0) is 13.9. The first-order valence-corrected chi connectivity index (χ1v) is 8.24. The molecular weight excluding hydrogens is 246 g/mol. The summed E-state index contributed by atoms with van der Waals surface area (Å²) in [7, 11) is 0. The summed E-state index contributed by atoms with van der Waals surface area (Å²) >= 11 is 0. The van der Waals surface area contributed by atoms with E-state index < -0.39 is 0 Å². The molecule has 1 saturated carbocycles. The summed E-state index contributed by atoms with van der Waals surface area (Å²) in [5.74, 6) is 1.43. The highest BCUT2D eigenvalue weighted by Crippen LogP contribution is 2.38. The molecule has 1 N–H and O–H groups in total. The van der Waals surface area contributed by atoms with Crippen molar-refractivity contribution in [3.05, 3.63) is 35.4 Å². The molecule has 0 radical (unpaired) electrons. The third-order valence-electron chi connectivity index (χ3n) is 5.16. The van der Waals surface area contributed by atoms with Crippen LogP contribution in [0.3, 0.4) is 0 Å². The van der Waals surface area contributed by atoms with Gasteiger partial charge in [-0.15, -0.1) is 0 Å². The van der Waals surface area contributed by atoms with Gasteiger partial charge in [-0.1, -0.05) is 37.6 Å². The third kappa shape index (κ3) is 2.77. The van der Waals surface area contributed by atoms with Gasteiger partial charge in [0, 0.05) is 18.6 Å². The van der Waals surface area contributed by atoms with Gasteiger partial charge in [-0.25, -0.2) is 0 Å². The van der Waals surface area contributed by atoms with Crippen molar-refractivity contribution < 1.29 is 4.74 Å². The molecule has 1 aromatic carbocycles. The van der Waals surface area contributed by atoms with Crippen LogP contribution < -0.4 is 5.32 Å². The molecule has 1 saturated heterocycles. The lowest BCUT2D eigenvalue weighted by Crippen LogP contribution is -2.31. The molecule has 3 rings (SSSR count). The number of hydrogen-bond acceptors (Lipinski definition) is 2. The van der Waals surface area contributed by atoms with E-state index in [0.717, 1.165) is 19.1 Å². The van der Waals surface area contributed by atoms with Crippen LogP contribution in [-0.2, 0) is 4.74 Å². The molecule has 1 heterocycles. The summed E-state index contributed by atoms with van der Waals surface area (Å²) in [5, 5.41) is 3.67. The Kier molecular flexibility index (Phi) is 4.42. The molecule has 2 aliphatic rings. The van der Waals surface area contributed by atoms with Gasteiger partial charge in [0.1, 0.15) is 0 Å². The minimum atomic E-state index is 0.366. The maximum absolute atomic E-state index is 5.76. The van der Waals surface area contributed by atoms with E-state index in [4.69, 9.17) is 4.74 Å². The summed E-state index contributed by atoms with van der Waals surface area (Å²) in [4.78, 5) is 0. The zero-order valence-electron chi connectivity index (χ0n) is 12.8. The van der Waals surface area contributed by atoms with Gasteiger partial charge in [-0.3, -0.25) is 0 Å². The first kappa shape index (κ1) is 14.1. The van der Waals surface area contributed by atoms with Crippen LogP contribution in [0.1, 0.15) is 62.6 Å². The fourth-order valence-corrected chi connectivity index (χ4v) is 3.64. The standard InChI is InChI=1S/C18H27NO/c1-3-19-18(17-11-12-20-13(17)2)16-9-7-15(8-10-16)14-5-4-6-14/h7-10,13-14,17-19H,3-6,11-12H2,1-2H3. The van der Waals surface area contributed by atoms with Gasteiger partial charge in [-0.2, -0.15) is 0 Å². The Morgan fingerprint density at radius 1 is 1.20 bits per heavy atom. The minimum Gasteiger partial charge on any atom is -0.378 e. The van der Waals surface area contributed by atoms with Crippen molar-refractivity contribution in [1.82, 2.24) is 5.32 Å². The third-order valence-corrected chi connectivity index (χ3v) is 5.16. The molecule has 2 nitrogen and oxygen atoms in total. The molecule has 0 amide bonds. The monoisotopic (exact) mass is 273 g/mol. The fraction of sp³-hybridized carbons (Fsp3) is 0.667. The smallest absolute Gasteiger partial charge is 0.0594 e. The Labute approximate surface area is 122 Å². The van der Waals surface area contributed by atoms with Gasteiger partial charge < -0.3 is 10.1 Å². The van der Waals surface area contributed by atoms with Gasteiger partial charge in [0.15, 0.2) is 0 Å². The van der Waals surface area contributed by atoms with Crippen LogP contribution >= 0.6 is 0 Å². The lowest BCUT2D eigenvalue weighted by atomic mass is 9.79. The van der Waals surface area contributed by atoms with Crippen LogP contribution in [0.2, 0.25) is 0 Å². The largest absolute Gasteiger partial charge is 0.378 e. The van der Waals surface area contributed by atoms with Gasteiger partial charge in [0.25, 0.3) is 0 Å². The van der Waals surface area contributed by atoms with Gasteiger partial charge in [0.05, 0.1) is 6.10 Å². The minimum absolute atomic E-state index is 0.366. The SMILES string of the molecule is CCNC(c1ccc(C2CCC2)cc1)C1CCOC1C. The van der Waals surface area contributed by atoms with Crippen LogP contribution in [-0.4, -0.2) is 19.3 Å². The predicted molar refractivity (Wildman–Crippen MR) is 83.0 cm³/mol. The summed E-state index contributed by atoms with van der Waals surface area (Å²) in [6.07, 6.45) is 5.70. The molecule has 0 aromatic heterocycles. The molecule has 2 heteroatoms. The Morgan fingerprint density at radius 2 is 1.95 bits per heavy atom. The van der Waals surface area contributed by atoms with Crippen LogP contribution in [0.15, 0.2) is 24.3 Å². The van der Waals surface area contributed by atoms with Gasteiger partial charge >= 0.3 is 0 Å². The second-order valence-corrected chi connectivity index (χ2v) is 6.36. The summed E-state index contributed by atoms with van der Waals surface area (Å²) in [6, 6.07) is 9.82. The van der Waals surface area contributed by atoms with Crippen LogP contribution in [0.5, 0.6) is 0 Å². The molecule has 1 aliphatic carbocycles. The van der Waals surface area contributed by atoms with E-state index in [9.17, 15) is 0 Å².